The highest BCUT2D eigenvalue weighted by atomic mass is 32.2. The number of ketones is 1. The number of hydrogen-bond donors (Lipinski definition) is 1. The number of aromatic amines is 1. The minimum absolute atomic E-state index is 0.0802. The van der Waals surface area contributed by atoms with E-state index in [-0.39, 0.29) is 11.5 Å². The van der Waals surface area contributed by atoms with Gasteiger partial charge in [-0.05, 0) is 37.6 Å². The largest absolute Gasteiger partial charge is 0.378 e. The number of nitrogens with one attached hydrogen (secondary N) is 1. The summed E-state index contributed by atoms with van der Waals surface area (Å²) in [4.78, 5) is 18.7. The van der Waals surface area contributed by atoms with Crippen molar-refractivity contribution < 1.29 is 9.53 Å². The molecular formula is C24H25N5O2S. The van der Waals surface area contributed by atoms with Gasteiger partial charge in [0.2, 0.25) is 5.95 Å². The summed E-state index contributed by atoms with van der Waals surface area (Å²) >= 11 is 1.42. The van der Waals surface area contributed by atoms with Crippen molar-refractivity contribution in [1.29, 1.82) is 0 Å². The molecule has 1 fully saturated rings. The van der Waals surface area contributed by atoms with Crippen molar-refractivity contribution in [2.24, 2.45) is 0 Å². The summed E-state index contributed by atoms with van der Waals surface area (Å²) in [5, 5.41) is 10.6. The second-order valence-electron chi connectivity index (χ2n) is 7.94. The van der Waals surface area contributed by atoms with Gasteiger partial charge < -0.3 is 14.6 Å². The number of aromatic nitrogens is 4. The van der Waals surface area contributed by atoms with Crippen LogP contribution in [0, 0.1) is 13.8 Å². The molecule has 2 aromatic heterocycles. The van der Waals surface area contributed by atoms with E-state index in [0.717, 1.165) is 52.4 Å². The van der Waals surface area contributed by atoms with Crippen LogP contribution in [0.15, 0.2) is 53.7 Å². The van der Waals surface area contributed by atoms with Gasteiger partial charge in [-0.1, -0.05) is 42.1 Å². The zero-order valence-electron chi connectivity index (χ0n) is 18.2. The number of nitrogens with zero attached hydrogens (tertiary/aromatic N) is 4. The molecular weight excluding hydrogens is 422 g/mol. The number of hydrogen-bond acceptors (Lipinski definition) is 6. The first-order valence-electron chi connectivity index (χ1n) is 10.7. The Hall–Kier alpha value is -3.10. The molecule has 0 unspecified atom stereocenters. The first-order chi connectivity index (χ1) is 15.6. The number of Topliss-reactive ketones (excluding diaryl/α,β-unsaturated/α-hetero) is 1. The maximum atomic E-state index is 13.2. The minimum Gasteiger partial charge on any atom is -0.378 e. The molecule has 32 heavy (non-hydrogen) atoms. The molecule has 1 aliphatic rings. The number of H-pyrrole nitrogens is 1. The van der Waals surface area contributed by atoms with Crippen LogP contribution in [-0.2, 0) is 4.74 Å². The van der Waals surface area contributed by atoms with E-state index in [1.54, 1.807) is 0 Å². The van der Waals surface area contributed by atoms with Gasteiger partial charge in [0.15, 0.2) is 10.9 Å². The van der Waals surface area contributed by atoms with Crippen LogP contribution in [0.4, 0.5) is 5.95 Å². The molecule has 2 aromatic carbocycles. The minimum atomic E-state index is 0.0802. The number of fused-ring (bicyclic) bond motifs is 1. The van der Waals surface area contributed by atoms with Crippen LogP contribution in [0.2, 0.25) is 0 Å². The lowest BCUT2D eigenvalue weighted by Gasteiger charge is -2.28. The van der Waals surface area contributed by atoms with Crippen LogP contribution < -0.4 is 4.90 Å². The average molecular weight is 448 g/mol. The second-order valence-corrected chi connectivity index (χ2v) is 8.88. The predicted octanol–water partition coefficient (Wildman–Crippen LogP) is 4.18. The van der Waals surface area contributed by atoms with Gasteiger partial charge in [-0.3, -0.25) is 9.36 Å². The van der Waals surface area contributed by atoms with Gasteiger partial charge in [0, 0.05) is 35.2 Å². The van der Waals surface area contributed by atoms with E-state index < -0.39 is 0 Å². The maximum absolute atomic E-state index is 13.2. The van der Waals surface area contributed by atoms with E-state index in [1.165, 1.54) is 11.8 Å². The Morgan fingerprint density at radius 2 is 1.91 bits per heavy atom. The summed E-state index contributed by atoms with van der Waals surface area (Å²) in [6.07, 6.45) is 0. The molecule has 7 nitrogen and oxygen atoms in total. The molecule has 0 saturated carbocycles. The van der Waals surface area contributed by atoms with E-state index >= 15 is 0 Å². The number of rotatable bonds is 6. The zero-order chi connectivity index (χ0) is 22.1. The standard InChI is InChI=1S/C24H25N5O2S/c1-16-6-5-7-18(14-16)29-23(28-10-12-31-13-11-28)26-27-24(29)32-15-21(30)22-17(2)25-20-9-4-3-8-19(20)22/h3-9,14,25H,10-13,15H2,1-2H3. The molecule has 8 heteroatoms. The fraction of sp³-hybridized carbons (Fsp3) is 0.292. The zero-order valence-corrected chi connectivity index (χ0v) is 19.0. The van der Waals surface area contributed by atoms with Crippen molar-refractivity contribution in [3.05, 3.63) is 65.4 Å². The normalized spacial score (nSPS) is 14.2. The van der Waals surface area contributed by atoms with Gasteiger partial charge in [-0.25, -0.2) is 0 Å². The smallest absolute Gasteiger partial charge is 0.232 e. The molecule has 0 bridgehead atoms. The molecule has 1 saturated heterocycles. The van der Waals surface area contributed by atoms with Crippen LogP contribution in [0.5, 0.6) is 0 Å². The Morgan fingerprint density at radius 1 is 1.09 bits per heavy atom. The first-order valence-corrected chi connectivity index (χ1v) is 11.7. The van der Waals surface area contributed by atoms with Gasteiger partial charge in [0.1, 0.15) is 0 Å². The van der Waals surface area contributed by atoms with Gasteiger partial charge in [0.25, 0.3) is 0 Å². The Kier molecular flexibility index (Phi) is 5.71. The number of para-hydroxylation sites is 1. The second kappa shape index (κ2) is 8.80. The lowest BCUT2D eigenvalue weighted by atomic mass is 10.1. The SMILES string of the molecule is Cc1cccc(-n2c(SCC(=O)c3c(C)[nH]c4ccccc34)nnc2N2CCOCC2)c1. The topological polar surface area (TPSA) is 76.0 Å². The molecule has 3 heterocycles. The number of carbonyl (C=O) groups is 1. The maximum Gasteiger partial charge on any atom is 0.232 e. The van der Waals surface area contributed by atoms with Crippen LogP contribution in [0.3, 0.4) is 0 Å². The van der Waals surface area contributed by atoms with Gasteiger partial charge in [0.05, 0.1) is 24.7 Å². The molecule has 0 atom stereocenters. The molecule has 4 aromatic rings. The van der Waals surface area contributed by atoms with E-state index in [9.17, 15) is 4.79 Å². The van der Waals surface area contributed by atoms with Crippen LogP contribution in [0.25, 0.3) is 16.6 Å². The number of carbonyl (C=O) groups excluding carboxylic acids is 1. The molecule has 0 radical (unpaired) electrons. The fourth-order valence-electron chi connectivity index (χ4n) is 4.16. The number of morpholine rings is 1. The third-order valence-electron chi connectivity index (χ3n) is 5.67. The quantitative estimate of drug-likeness (QED) is 0.353. The summed E-state index contributed by atoms with van der Waals surface area (Å²) in [7, 11) is 0. The van der Waals surface area contributed by atoms with Crippen LogP contribution in [-0.4, -0.2) is 57.6 Å². The summed E-state index contributed by atoms with van der Waals surface area (Å²) in [5.41, 5.74) is 4.78. The van der Waals surface area contributed by atoms with E-state index in [2.05, 4.69) is 49.8 Å². The lowest BCUT2D eigenvalue weighted by Crippen LogP contribution is -2.37. The van der Waals surface area contributed by atoms with Crippen molar-refractivity contribution >= 4 is 34.4 Å². The summed E-state index contributed by atoms with van der Waals surface area (Å²) in [6, 6.07) is 16.2. The lowest BCUT2D eigenvalue weighted by molar-refractivity contribution is 0.102. The number of benzene rings is 2. The highest BCUT2D eigenvalue weighted by Crippen LogP contribution is 2.29. The fourth-order valence-corrected chi connectivity index (χ4v) is 4.97. The van der Waals surface area contributed by atoms with Gasteiger partial charge in [-0.15, -0.1) is 10.2 Å². The first kappa shape index (κ1) is 20.8. The molecule has 5 rings (SSSR count). The number of aryl methyl sites for hydroxylation is 2. The predicted molar refractivity (Wildman–Crippen MR) is 127 cm³/mol. The molecule has 0 aliphatic carbocycles. The number of anilines is 1. The van der Waals surface area contributed by atoms with Crippen molar-refractivity contribution in [2.45, 2.75) is 19.0 Å². The van der Waals surface area contributed by atoms with Crippen molar-refractivity contribution in [3.8, 4) is 5.69 Å². The summed E-state index contributed by atoms with van der Waals surface area (Å²) in [5.74, 6) is 1.16. The number of thioether (sulfide) groups is 1. The summed E-state index contributed by atoms with van der Waals surface area (Å²) < 4.78 is 7.56. The van der Waals surface area contributed by atoms with Gasteiger partial charge >= 0.3 is 0 Å². The van der Waals surface area contributed by atoms with E-state index in [1.807, 2.05) is 37.3 Å². The molecule has 0 amide bonds. The third-order valence-corrected chi connectivity index (χ3v) is 6.60. The molecule has 0 spiro atoms. The Morgan fingerprint density at radius 3 is 2.72 bits per heavy atom. The summed E-state index contributed by atoms with van der Waals surface area (Å²) in [6.45, 7) is 6.88. The van der Waals surface area contributed by atoms with E-state index in [0.29, 0.717) is 18.4 Å². The van der Waals surface area contributed by atoms with Crippen molar-refractivity contribution in [1.82, 2.24) is 19.7 Å². The van der Waals surface area contributed by atoms with E-state index in [4.69, 9.17) is 4.74 Å². The van der Waals surface area contributed by atoms with Crippen molar-refractivity contribution in [2.75, 3.05) is 37.0 Å². The molecule has 164 valence electrons. The molecule has 1 aliphatic heterocycles. The molecule has 1 N–H and O–H groups in total. The van der Waals surface area contributed by atoms with Gasteiger partial charge in [-0.2, -0.15) is 0 Å². The van der Waals surface area contributed by atoms with Crippen LogP contribution >= 0.6 is 11.8 Å². The number of ether oxygens (including phenoxy) is 1. The van der Waals surface area contributed by atoms with Crippen molar-refractivity contribution in [3.63, 3.8) is 0 Å². The Bertz CT molecular complexity index is 1270. The average Bonchev–Trinajstić information content (AvgIpc) is 3.38. The van der Waals surface area contributed by atoms with Crippen LogP contribution in [0.1, 0.15) is 21.6 Å². The Labute approximate surface area is 190 Å². The Balaban J connectivity index is 1.46. The highest BCUT2D eigenvalue weighted by Gasteiger charge is 2.23. The monoisotopic (exact) mass is 447 g/mol. The highest BCUT2D eigenvalue weighted by molar-refractivity contribution is 7.99. The third kappa shape index (κ3) is 3.91.